The number of nitrogens with zero attached hydrogens (tertiary/aromatic N) is 1. The summed E-state index contributed by atoms with van der Waals surface area (Å²) >= 11 is 0. The third-order valence-electron chi connectivity index (χ3n) is 3.48. The number of aromatic carboxylic acids is 1. The number of rotatable bonds is 8. The zero-order chi connectivity index (χ0) is 17.4. The van der Waals surface area contributed by atoms with Gasteiger partial charge in [0.2, 0.25) is 0 Å². The first kappa shape index (κ1) is 17.6. The quantitative estimate of drug-likeness (QED) is 0.727. The molecule has 0 saturated carbocycles. The average molecular weight is 328 g/mol. The second-order valence-electron chi connectivity index (χ2n) is 5.27. The van der Waals surface area contributed by atoms with Gasteiger partial charge >= 0.3 is 5.97 Å². The summed E-state index contributed by atoms with van der Waals surface area (Å²) in [4.78, 5) is 26.5. The van der Waals surface area contributed by atoms with Gasteiger partial charge in [-0.1, -0.05) is 30.3 Å². The van der Waals surface area contributed by atoms with Crippen molar-refractivity contribution in [2.24, 2.45) is 0 Å². The number of hydrogen-bond acceptors (Lipinski definition) is 4. The van der Waals surface area contributed by atoms with Crippen molar-refractivity contribution < 1.29 is 19.4 Å². The van der Waals surface area contributed by atoms with Crippen LogP contribution in [0.5, 0.6) is 0 Å². The van der Waals surface area contributed by atoms with Gasteiger partial charge in [-0.25, -0.2) is 9.78 Å². The van der Waals surface area contributed by atoms with Crippen LogP contribution in [0, 0.1) is 0 Å². The van der Waals surface area contributed by atoms with E-state index < -0.39 is 5.97 Å². The van der Waals surface area contributed by atoms with Crippen LogP contribution in [0.25, 0.3) is 0 Å². The van der Waals surface area contributed by atoms with Crippen molar-refractivity contribution in [3.05, 3.63) is 65.5 Å². The van der Waals surface area contributed by atoms with E-state index in [9.17, 15) is 9.59 Å². The largest absolute Gasteiger partial charge is 0.477 e. The van der Waals surface area contributed by atoms with Gasteiger partial charge < -0.3 is 15.2 Å². The van der Waals surface area contributed by atoms with Gasteiger partial charge in [-0.15, -0.1) is 0 Å². The van der Waals surface area contributed by atoms with E-state index in [2.05, 4.69) is 10.3 Å². The molecule has 1 atom stereocenters. The molecule has 0 aliphatic rings. The van der Waals surface area contributed by atoms with Crippen LogP contribution in [0.2, 0.25) is 0 Å². The number of amides is 1. The standard InChI is InChI=1S/C18H20N2O4/c1-13(14-6-3-2-4-7-14)24-11-5-9-20-17(21)15-8-10-19-16(12-15)18(22)23/h2-4,6-8,10,12-13H,5,9,11H2,1H3,(H,20,21)(H,22,23). The number of ether oxygens (including phenoxy) is 1. The summed E-state index contributed by atoms with van der Waals surface area (Å²) in [5.41, 5.74) is 1.24. The third-order valence-corrected chi connectivity index (χ3v) is 3.48. The minimum absolute atomic E-state index is 0.000207. The summed E-state index contributed by atoms with van der Waals surface area (Å²) in [5, 5.41) is 11.6. The Morgan fingerprint density at radius 2 is 2.00 bits per heavy atom. The predicted molar refractivity (Wildman–Crippen MR) is 89.0 cm³/mol. The topological polar surface area (TPSA) is 88.5 Å². The van der Waals surface area contributed by atoms with E-state index in [4.69, 9.17) is 9.84 Å². The fraction of sp³-hybridized carbons (Fsp3) is 0.278. The lowest BCUT2D eigenvalue weighted by atomic mass is 10.1. The molecule has 1 aromatic carbocycles. The van der Waals surface area contributed by atoms with Crippen molar-refractivity contribution in [1.82, 2.24) is 10.3 Å². The van der Waals surface area contributed by atoms with Crippen LogP contribution < -0.4 is 5.32 Å². The fourth-order valence-electron chi connectivity index (χ4n) is 2.15. The molecule has 1 aromatic heterocycles. The number of nitrogens with one attached hydrogen (secondary N) is 1. The number of aromatic nitrogens is 1. The second-order valence-corrected chi connectivity index (χ2v) is 5.27. The van der Waals surface area contributed by atoms with Gasteiger partial charge in [0, 0.05) is 24.9 Å². The minimum Gasteiger partial charge on any atom is -0.477 e. The summed E-state index contributed by atoms with van der Waals surface area (Å²) in [6.07, 6.45) is 1.98. The molecule has 24 heavy (non-hydrogen) atoms. The molecule has 0 bridgehead atoms. The molecule has 0 aliphatic heterocycles. The van der Waals surface area contributed by atoms with Crippen LogP contribution in [-0.2, 0) is 4.74 Å². The first-order chi connectivity index (χ1) is 11.6. The van der Waals surface area contributed by atoms with Crippen LogP contribution >= 0.6 is 0 Å². The smallest absolute Gasteiger partial charge is 0.354 e. The van der Waals surface area contributed by atoms with Gasteiger partial charge in [-0.3, -0.25) is 4.79 Å². The molecule has 0 saturated heterocycles. The molecule has 6 heteroatoms. The summed E-state index contributed by atoms with van der Waals surface area (Å²) < 4.78 is 5.73. The van der Waals surface area contributed by atoms with Crippen molar-refractivity contribution in [3.63, 3.8) is 0 Å². The summed E-state index contributed by atoms with van der Waals surface area (Å²) in [6.45, 7) is 2.95. The number of carbonyl (C=O) groups excluding carboxylic acids is 1. The zero-order valence-corrected chi connectivity index (χ0v) is 13.4. The Morgan fingerprint density at radius 1 is 1.25 bits per heavy atom. The van der Waals surface area contributed by atoms with E-state index in [0.29, 0.717) is 19.6 Å². The molecule has 2 N–H and O–H groups in total. The van der Waals surface area contributed by atoms with Crippen LogP contribution in [0.15, 0.2) is 48.7 Å². The molecule has 0 radical (unpaired) electrons. The summed E-state index contributed by atoms with van der Waals surface area (Å²) in [7, 11) is 0. The summed E-state index contributed by atoms with van der Waals surface area (Å²) in [5.74, 6) is -1.48. The number of hydrogen-bond donors (Lipinski definition) is 2. The monoisotopic (exact) mass is 328 g/mol. The molecular weight excluding hydrogens is 308 g/mol. The number of carboxylic acids is 1. The summed E-state index contributed by atoms with van der Waals surface area (Å²) in [6, 6.07) is 12.7. The molecule has 0 fully saturated rings. The Hall–Kier alpha value is -2.73. The Bertz CT molecular complexity index is 688. The van der Waals surface area contributed by atoms with E-state index in [1.165, 1.54) is 18.3 Å². The van der Waals surface area contributed by atoms with E-state index in [-0.39, 0.29) is 23.3 Å². The number of carbonyl (C=O) groups is 2. The molecule has 126 valence electrons. The maximum atomic E-state index is 12.0. The highest BCUT2D eigenvalue weighted by atomic mass is 16.5. The zero-order valence-electron chi connectivity index (χ0n) is 13.4. The van der Waals surface area contributed by atoms with Crippen molar-refractivity contribution in [2.45, 2.75) is 19.4 Å². The first-order valence-electron chi connectivity index (χ1n) is 7.72. The first-order valence-corrected chi connectivity index (χ1v) is 7.72. The lowest BCUT2D eigenvalue weighted by molar-refractivity contribution is 0.0634. The Balaban J connectivity index is 1.71. The average Bonchev–Trinajstić information content (AvgIpc) is 2.62. The molecule has 2 rings (SSSR count). The van der Waals surface area contributed by atoms with Gasteiger partial charge in [0.1, 0.15) is 5.69 Å². The van der Waals surface area contributed by atoms with Crippen molar-refractivity contribution >= 4 is 11.9 Å². The molecule has 6 nitrogen and oxygen atoms in total. The lowest BCUT2D eigenvalue weighted by Gasteiger charge is -2.13. The number of pyridine rings is 1. The SMILES string of the molecule is CC(OCCCNC(=O)c1ccnc(C(=O)O)c1)c1ccccc1. The Kier molecular flexibility index (Phi) is 6.45. The van der Waals surface area contributed by atoms with Crippen LogP contribution in [0.1, 0.15) is 45.9 Å². The Labute approximate surface area is 140 Å². The normalized spacial score (nSPS) is 11.7. The maximum Gasteiger partial charge on any atom is 0.354 e. The molecule has 0 spiro atoms. The highest BCUT2D eigenvalue weighted by Crippen LogP contribution is 2.15. The maximum absolute atomic E-state index is 12.0. The van der Waals surface area contributed by atoms with E-state index in [1.807, 2.05) is 37.3 Å². The molecule has 1 amide bonds. The molecule has 1 heterocycles. The van der Waals surface area contributed by atoms with Crippen molar-refractivity contribution in [3.8, 4) is 0 Å². The highest BCUT2D eigenvalue weighted by molar-refractivity contribution is 5.96. The Morgan fingerprint density at radius 3 is 2.71 bits per heavy atom. The molecular formula is C18H20N2O4. The van der Waals surface area contributed by atoms with E-state index in [0.717, 1.165) is 5.56 Å². The van der Waals surface area contributed by atoms with Gasteiger partial charge in [0.05, 0.1) is 6.10 Å². The number of benzene rings is 1. The minimum atomic E-state index is -1.16. The third kappa shape index (κ3) is 5.17. The van der Waals surface area contributed by atoms with Crippen molar-refractivity contribution in [1.29, 1.82) is 0 Å². The lowest BCUT2D eigenvalue weighted by Crippen LogP contribution is -2.25. The van der Waals surface area contributed by atoms with Gasteiger partial charge in [-0.05, 0) is 31.0 Å². The van der Waals surface area contributed by atoms with Crippen LogP contribution in [-0.4, -0.2) is 35.1 Å². The van der Waals surface area contributed by atoms with Crippen molar-refractivity contribution in [2.75, 3.05) is 13.2 Å². The van der Waals surface area contributed by atoms with Crippen LogP contribution in [0.3, 0.4) is 0 Å². The fourth-order valence-corrected chi connectivity index (χ4v) is 2.15. The second kappa shape index (κ2) is 8.79. The molecule has 2 aromatic rings. The van der Waals surface area contributed by atoms with E-state index in [1.54, 1.807) is 0 Å². The van der Waals surface area contributed by atoms with E-state index >= 15 is 0 Å². The van der Waals surface area contributed by atoms with Gasteiger partial charge in [0.15, 0.2) is 0 Å². The van der Waals surface area contributed by atoms with Gasteiger partial charge in [-0.2, -0.15) is 0 Å². The predicted octanol–water partition coefficient (Wildman–Crippen LogP) is 2.68. The van der Waals surface area contributed by atoms with Crippen LogP contribution in [0.4, 0.5) is 0 Å². The molecule has 0 aliphatic carbocycles. The molecule has 1 unspecified atom stereocenters. The highest BCUT2D eigenvalue weighted by Gasteiger charge is 2.10. The van der Waals surface area contributed by atoms with Gasteiger partial charge in [0.25, 0.3) is 5.91 Å². The number of carboxylic acid groups (broad SMARTS) is 1.